The fraction of sp³-hybridized carbons (Fsp3) is 0.625. The summed E-state index contributed by atoms with van der Waals surface area (Å²) in [5.74, 6) is -4.08. The molecule has 14 heteroatoms. The van der Waals surface area contributed by atoms with Crippen molar-refractivity contribution in [3.05, 3.63) is 48.0 Å². The maximum absolute atomic E-state index is 14.2. The Labute approximate surface area is 318 Å². The number of piperidine rings is 1. The molecule has 14 nitrogen and oxygen atoms in total. The van der Waals surface area contributed by atoms with Crippen LogP contribution in [0.1, 0.15) is 97.6 Å². The number of rotatable bonds is 8. The summed E-state index contributed by atoms with van der Waals surface area (Å²) in [5, 5.41) is 10.6. The maximum atomic E-state index is 14.2. The summed E-state index contributed by atoms with van der Waals surface area (Å²) in [6.45, 7) is 9.04. The summed E-state index contributed by atoms with van der Waals surface area (Å²) in [5.41, 5.74) is -0.449. The van der Waals surface area contributed by atoms with Crippen molar-refractivity contribution in [2.45, 2.75) is 116 Å². The summed E-state index contributed by atoms with van der Waals surface area (Å²) in [4.78, 5) is 96.8. The number of carbonyl (C=O) groups is 7. The number of alkyl carbamates (subject to hydrolysis) is 1. The summed E-state index contributed by atoms with van der Waals surface area (Å²) < 4.78 is 5.47. The Kier molecular flexibility index (Phi) is 14.0. The number of amides is 6. The molecule has 2 aliphatic heterocycles. The van der Waals surface area contributed by atoms with Crippen molar-refractivity contribution in [2.75, 3.05) is 27.2 Å². The number of nitrogens with one attached hydrogen (secondary N) is 4. The SMILES string of the molecule is CN(C)C(=O)[C@@H](NC(=O)CNC(=O)C(=O)[C@@H]1CCCC/C=C/CCCC[C@H](NC(=O)OC(C)(C)C)C(=O)N2C[C@@H]3[C@H]([C@H]2C(=O)N1)C3(C)C)c1ccccc1. The predicted octanol–water partition coefficient (Wildman–Crippen LogP) is 3.17. The molecule has 54 heavy (non-hydrogen) atoms. The minimum Gasteiger partial charge on any atom is -0.444 e. The lowest BCUT2D eigenvalue weighted by Crippen LogP contribution is -2.58. The third-order valence-corrected chi connectivity index (χ3v) is 10.5. The summed E-state index contributed by atoms with van der Waals surface area (Å²) in [7, 11) is 3.13. The Morgan fingerprint density at radius 3 is 2.20 bits per heavy atom. The van der Waals surface area contributed by atoms with E-state index in [-0.39, 0.29) is 29.6 Å². The largest absolute Gasteiger partial charge is 0.444 e. The molecule has 1 aliphatic carbocycles. The van der Waals surface area contributed by atoms with Gasteiger partial charge in [0.25, 0.3) is 5.91 Å². The highest BCUT2D eigenvalue weighted by Crippen LogP contribution is 2.65. The molecule has 0 aromatic heterocycles. The third-order valence-electron chi connectivity index (χ3n) is 10.5. The van der Waals surface area contributed by atoms with E-state index in [2.05, 4.69) is 33.4 Å². The molecule has 6 amide bonds. The fourth-order valence-electron chi connectivity index (χ4n) is 7.51. The molecule has 3 aliphatic rings. The average Bonchev–Trinajstić information content (AvgIpc) is 3.41. The monoisotopic (exact) mass is 750 g/mol. The van der Waals surface area contributed by atoms with Gasteiger partial charge in [0.15, 0.2) is 0 Å². The van der Waals surface area contributed by atoms with Gasteiger partial charge in [-0.3, -0.25) is 28.8 Å². The van der Waals surface area contributed by atoms with E-state index in [1.807, 2.05) is 13.8 Å². The van der Waals surface area contributed by atoms with Crippen molar-refractivity contribution in [3.63, 3.8) is 0 Å². The fourth-order valence-corrected chi connectivity index (χ4v) is 7.51. The molecule has 6 atom stereocenters. The van der Waals surface area contributed by atoms with Crippen LogP contribution in [0.3, 0.4) is 0 Å². The summed E-state index contributed by atoms with van der Waals surface area (Å²) >= 11 is 0. The van der Waals surface area contributed by atoms with Gasteiger partial charge in [-0.1, -0.05) is 69.2 Å². The van der Waals surface area contributed by atoms with Gasteiger partial charge in [-0.25, -0.2) is 4.79 Å². The van der Waals surface area contributed by atoms with Gasteiger partial charge < -0.3 is 35.8 Å². The van der Waals surface area contributed by atoms with Crippen LogP contribution in [0.4, 0.5) is 4.79 Å². The van der Waals surface area contributed by atoms with Crippen LogP contribution in [-0.2, 0) is 33.5 Å². The van der Waals surface area contributed by atoms with Crippen LogP contribution in [0, 0.1) is 17.3 Å². The lowest BCUT2D eigenvalue weighted by Gasteiger charge is -2.34. The molecular weight excluding hydrogens is 692 g/mol. The Hall–Kier alpha value is -4.75. The second kappa shape index (κ2) is 18.1. The average molecular weight is 751 g/mol. The number of ketones is 1. The van der Waals surface area contributed by atoms with Gasteiger partial charge in [-0.05, 0) is 82.1 Å². The van der Waals surface area contributed by atoms with E-state index in [4.69, 9.17) is 4.74 Å². The van der Waals surface area contributed by atoms with E-state index < -0.39 is 71.8 Å². The van der Waals surface area contributed by atoms with E-state index in [9.17, 15) is 33.6 Å². The Morgan fingerprint density at radius 2 is 1.59 bits per heavy atom. The van der Waals surface area contributed by atoms with E-state index in [1.165, 1.54) is 9.80 Å². The number of Topliss-reactive ketones (excluding diaryl/α,β-unsaturated/α-hetero) is 1. The number of carbonyl (C=O) groups excluding carboxylic acids is 7. The van der Waals surface area contributed by atoms with Gasteiger partial charge in [0.05, 0.1) is 12.6 Å². The third kappa shape index (κ3) is 10.9. The molecule has 1 aromatic rings. The Bertz CT molecular complexity index is 1590. The minimum absolute atomic E-state index is 0.0464. The molecule has 2 fully saturated rings. The van der Waals surface area contributed by atoms with Crippen molar-refractivity contribution < 1.29 is 38.3 Å². The predicted molar refractivity (Wildman–Crippen MR) is 201 cm³/mol. The van der Waals surface area contributed by atoms with Gasteiger partial charge in [-0.15, -0.1) is 0 Å². The first-order valence-electron chi connectivity index (χ1n) is 19.0. The van der Waals surface area contributed by atoms with Gasteiger partial charge in [0.2, 0.25) is 29.4 Å². The first-order valence-corrected chi connectivity index (χ1v) is 19.0. The number of fused-ring (bicyclic) bond motifs is 3. The van der Waals surface area contributed by atoms with Crippen molar-refractivity contribution in [3.8, 4) is 0 Å². The van der Waals surface area contributed by atoms with Gasteiger partial charge in [0, 0.05) is 20.6 Å². The second-order valence-corrected chi connectivity index (χ2v) is 16.4. The topological polar surface area (TPSA) is 183 Å². The van der Waals surface area contributed by atoms with E-state index in [0.717, 1.165) is 19.3 Å². The standard InChI is InChI=1S/C40H58N6O8/c1-39(2,3)54-38(53)43-28-22-18-13-11-9-8-10-12-17-21-27(42-34(49)32-30-26(40(30,4)5)24-46(32)36(28)51)33(48)35(50)41-23-29(47)44-31(37(52)45(6)7)25-19-15-14-16-20-25/h8-9,14-16,19-20,26-28,30-32H,10-13,17-18,21-24H2,1-7H3,(H,41,50)(H,42,49)(H,43,53)(H,44,47)/b9-8+/t26-,27+,28+,30-,31+,32+/m1/s1. The highest BCUT2D eigenvalue weighted by molar-refractivity contribution is 6.38. The number of ether oxygens (including phenoxy) is 1. The lowest BCUT2D eigenvalue weighted by atomic mass is 9.97. The quantitative estimate of drug-likeness (QED) is 0.231. The van der Waals surface area contributed by atoms with Crippen LogP contribution in [0.15, 0.2) is 42.5 Å². The van der Waals surface area contributed by atoms with Crippen molar-refractivity contribution in [1.82, 2.24) is 31.1 Å². The first-order chi connectivity index (χ1) is 25.4. The highest BCUT2D eigenvalue weighted by atomic mass is 16.6. The molecule has 2 heterocycles. The lowest BCUT2D eigenvalue weighted by molar-refractivity contribution is -0.144. The molecule has 1 saturated carbocycles. The number of likely N-dealkylation sites (N-methyl/N-ethyl adjacent to an activating group) is 1. The molecule has 4 rings (SSSR count). The summed E-state index contributed by atoms with van der Waals surface area (Å²) in [6.07, 6.45) is 8.20. The van der Waals surface area contributed by atoms with Crippen molar-refractivity contribution in [1.29, 1.82) is 0 Å². The molecule has 1 saturated heterocycles. The minimum atomic E-state index is -1.21. The highest BCUT2D eigenvalue weighted by Gasteiger charge is 2.69. The molecule has 0 radical (unpaired) electrons. The van der Waals surface area contributed by atoms with Crippen LogP contribution in [0.2, 0.25) is 0 Å². The first kappa shape index (κ1) is 42.0. The second-order valence-electron chi connectivity index (χ2n) is 16.4. The number of hydrogen-bond donors (Lipinski definition) is 4. The van der Waals surface area contributed by atoms with Gasteiger partial charge >= 0.3 is 6.09 Å². The van der Waals surface area contributed by atoms with E-state index in [0.29, 0.717) is 37.8 Å². The Balaban J connectivity index is 1.51. The van der Waals surface area contributed by atoms with Gasteiger partial charge in [-0.2, -0.15) is 0 Å². The van der Waals surface area contributed by atoms with Crippen LogP contribution >= 0.6 is 0 Å². The maximum Gasteiger partial charge on any atom is 0.408 e. The van der Waals surface area contributed by atoms with Gasteiger partial charge in [0.1, 0.15) is 23.7 Å². The molecular formula is C40H58N6O8. The Morgan fingerprint density at radius 1 is 0.963 bits per heavy atom. The molecule has 0 spiro atoms. The normalized spacial score (nSPS) is 25.7. The summed E-state index contributed by atoms with van der Waals surface area (Å²) in [6, 6.07) is 4.63. The van der Waals surface area contributed by atoms with E-state index in [1.54, 1.807) is 65.2 Å². The van der Waals surface area contributed by atoms with Crippen LogP contribution in [0.25, 0.3) is 0 Å². The molecule has 0 bridgehead atoms. The number of allylic oxidation sites excluding steroid dienone is 2. The molecule has 1 aromatic carbocycles. The smallest absolute Gasteiger partial charge is 0.408 e. The molecule has 4 N–H and O–H groups in total. The van der Waals surface area contributed by atoms with Crippen LogP contribution < -0.4 is 21.3 Å². The zero-order chi connectivity index (χ0) is 39.8. The van der Waals surface area contributed by atoms with Crippen molar-refractivity contribution >= 4 is 41.4 Å². The zero-order valence-corrected chi connectivity index (χ0v) is 32.7. The molecule has 296 valence electrons. The van der Waals surface area contributed by atoms with Crippen molar-refractivity contribution in [2.24, 2.45) is 17.3 Å². The number of nitrogens with zero attached hydrogens (tertiary/aromatic N) is 2. The van der Waals surface area contributed by atoms with Crippen LogP contribution in [-0.4, -0.2) is 102 Å². The zero-order valence-electron chi connectivity index (χ0n) is 32.7. The molecule has 0 unspecified atom stereocenters. The number of hydrogen-bond acceptors (Lipinski definition) is 8. The van der Waals surface area contributed by atoms with E-state index >= 15 is 0 Å². The number of benzene rings is 1. The van der Waals surface area contributed by atoms with Crippen LogP contribution in [0.5, 0.6) is 0 Å².